The SMILES string of the molecule is Brc1ccc2cc3ccccc3cc2c1Br. The van der Waals surface area contributed by atoms with Crippen LogP contribution in [0.15, 0.2) is 57.5 Å². The Bertz CT molecular complexity index is 687. The lowest BCUT2D eigenvalue weighted by atomic mass is 10.0. The van der Waals surface area contributed by atoms with Gasteiger partial charge in [0.2, 0.25) is 0 Å². The highest BCUT2D eigenvalue weighted by molar-refractivity contribution is 9.13. The smallest absolute Gasteiger partial charge is 0.0396 e. The first kappa shape index (κ1) is 10.3. The third kappa shape index (κ3) is 1.57. The molecule has 78 valence electrons. The first-order valence-electron chi connectivity index (χ1n) is 5.02. The van der Waals surface area contributed by atoms with Gasteiger partial charge in [-0.3, -0.25) is 0 Å². The predicted octanol–water partition coefficient (Wildman–Crippen LogP) is 5.52. The van der Waals surface area contributed by atoms with Gasteiger partial charge in [0.05, 0.1) is 0 Å². The molecular weight excluding hydrogens is 328 g/mol. The second-order valence-electron chi connectivity index (χ2n) is 3.78. The molecule has 2 heteroatoms. The van der Waals surface area contributed by atoms with Crippen molar-refractivity contribution in [2.45, 2.75) is 0 Å². The zero-order valence-corrected chi connectivity index (χ0v) is 11.5. The summed E-state index contributed by atoms with van der Waals surface area (Å²) in [5.41, 5.74) is 0. The van der Waals surface area contributed by atoms with Crippen LogP contribution >= 0.6 is 31.9 Å². The highest BCUT2D eigenvalue weighted by Crippen LogP contribution is 2.33. The van der Waals surface area contributed by atoms with Crippen LogP contribution in [0.4, 0.5) is 0 Å². The first-order valence-corrected chi connectivity index (χ1v) is 6.61. The molecule has 0 amide bonds. The van der Waals surface area contributed by atoms with E-state index in [0.717, 1.165) is 8.95 Å². The molecule has 0 saturated heterocycles. The van der Waals surface area contributed by atoms with E-state index in [9.17, 15) is 0 Å². The Labute approximate surface area is 111 Å². The normalized spacial score (nSPS) is 11.1. The molecule has 3 rings (SSSR count). The molecule has 0 fully saturated rings. The summed E-state index contributed by atoms with van der Waals surface area (Å²) in [7, 11) is 0. The molecule has 0 nitrogen and oxygen atoms in total. The number of halogens is 2. The monoisotopic (exact) mass is 334 g/mol. The van der Waals surface area contributed by atoms with Crippen LogP contribution in [-0.2, 0) is 0 Å². The van der Waals surface area contributed by atoms with E-state index in [1.165, 1.54) is 21.5 Å². The number of hydrogen-bond acceptors (Lipinski definition) is 0. The summed E-state index contributed by atoms with van der Waals surface area (Å²) < 4.78 is 2.21. The van der Waals surface area contributed by atoms with Crippen molar-refractivity contribution in [1.29, 1.82) is 0 Å². The zero-order chi connectivity index (χ0) is 11.1. The minimum Gasteiger partial charge on any atom is -0.0616 e. The fourth-order valence-corrected chi connectivity index (χ4v) is 2.77. The van der Waals surface area contributed by atoms with Crippen molar-refractivity contribution in [3.05, 3.63) is 57.5 Å². The van der Waals surface area contributed by atoms with Crippen LogP contribution in [-0.4, -0.2) is 0 Å². The molecule has 0 spiro atoms. The van der Waals surface area contributed by atoms with Gasteiger partial charge in [0, 0.05) is 8.95 Å². The van der Waals surface area contributed by atoms with Gasteiger partial charge in [-0.15, -0.1) is 0 Å². The lowest BCUT2D eigenvalue weighted by Crippen LogP contribution is -1.78. The molecule has 0 heterocycles. The predicted molar refractivity (Wildman–Crippen MR) is 76.9 cm³/mol. The van der Waals surface area contributed by atoms with Gasteiger partial charge in [-0.2, -0.15) is 0 Å². The van der Waals surface area contributed by atoms with Gasteiger partial charge in [-0.1, -0.05) is 30.3 Å². The van der Waals surface area contributed by atoms with E-state index in [1.807, 2.05) is 0 Å². The van der Waals surface area contributed by atoms with Crippen molar-refractivity contribution in [2.24, 2.45) is 0 Å². The van der Waals surface area contributed by atoms with E-state index in [0.29, 0.717) is 0 Å². The van der Waals surface area contributed by atoms with Gasteiger partial charge < -0.3 is 0 Å². The summed E-state index contributed by atoms with van der Waals surface area (Å²) >= 11 is 7.15. The van der Waals surface area contributed by atoms with E-state index >= 15 is 0 Å². The van der Waals surface area contributed by atoms with Crippen LogP contribution in [0, 0.1) is 0 Å². The summed E-state index contributed by atoms with van der Waals surface area (Å²) in [5.74, 6) is 0. The Morgan fingerprint density at radius 1 is 0.688 bits per heavy atom. The first-order chi connectivity index (χ1) is 7.75. The molecule has 0 N–H and O–H groups in total. The Hall–Kier alpha value is -0.860. The minimum absolute atomic E-state index is 1.09. The minimum atomic E-state index is 1.09. The second-order valence-corrected chi connectivity index (χ2v) is 5.43. The number of rotatable bonds is 0. The molecule has 0 radical (unpaired) electrons. The molecular formula is C14H8Br2. The largest absolute Gasteiger partial charge is 0.0616 e. The quantitative estimate of drug-likeness (QED) is 0.474. The van der Waals surface area contributed by atoms with Gasteiger partial charge in [-0.05, 0) is 71.6 Å². The maximum absolute atomic E-state index is 3.62. The van der Waals surface area contributed by atoms with E-state index < -0.39 is 0 Å². The van der Waals surface area contributed by atoms with E-state index in [-0.39, 0.29) is 0 Å². The topological polar surface area (TPSA) is 0 Å². The average Bonchev–Trinajstić information content (AvgIpc) is 2.32. The molecule has 0 aliphatic heterocycles. The third-order valence-electron chi connectivity index (χ3n) is 2.77. The van der Waals surface area contributed by atoms with Crippen LogP contribution in [0.2, 0.25) is 0 Å². The molecule has 0 unspecified atom stereocenters. The van der Waals surface area contributed by atoms with Crippen LogP contribution in [0.1, 0.15) is 0 Å². The molecule has 16 heavy (non-hydrogen) atoms. The lowest BCUT2D eigenvalue weighted by molar-refractivity contribution is 1.67. The fourth-order valence-electron chi connectivity index (χ4n) is 1.95. The number of benzene rings is 3. The fraction of sp³-hybridized carbons (Fsp3) is 0. The van der Waals surface area contributed by atoms with Gasteiger partial charge in [-0.25, -0.2) is 0 Å². The Morgan fingerprint density at radius 3 is 2.12 bits per heavy atom. The van der Waals surface area contributed by atoms with Crippen molar-refractivity contribution >= 4 is 53.4 Å². The van der Waals surface area contributed by atoms with Gasteiger partial charge in [0.1, 0.15) is 0 Å². The number of hydrogen-bond donors (Lipinski definition) is 0. The summed E-state index contributed by atoms with van der Waals surface area (Å²) in [4.78, 5) is 0. The summed E-state index contributed by atoms with van der Waals surface area (Å²) in [6, 6.07) is 17.1. The highest BCUT2D eigenvalue weighted by atomic mass is 79.9. The van der Waals surface area contributed by atoms with Gasteiger partial charge in [0.15, 0.2) is 0 Å². The Morgan fingerprint density at radius 2 is 1.38 bits per heavy atom. The summed E-state index contributed by atoms with van der Waals surface area (Å²) in [6.07, 6.45) is 0. The Balaban J connectivity index is 2.51. The lowest BCUT2D eigenvalue weighted by Gasteiger charge is -2.05. The molecule has 3 aromatic carbocycles. The Kier molecular flexibility index (Phi) is 2.49. The van der Waals surface area contributed by atoms with Crippen LogP contribution < -0.4 is 0 Å². The molecule has 0 saturated carbocycles. The van der Waals surface area contributed by atoms with Crippen molar-refractivity contribution in [1.82, 2.24) is 0 Å². The standard InChI is InChI=1S/C14H8Br2/c15-13-6-5-11-7-9-3-1-2-4-10(9)8-12(11)14(13)16/h1-8H. The van der Waals surface area contributed by atoms with Crippen LogP contribution in [0.3, 0.4) is 0 Å². The molecule has 0 aliphatic carbocycles. The molecule has 0 bridgehead atoms. The average molecular weight is 336 g/mol. The summed E-state index contributed by atoms with van der Waals surface area (Å²) in [6.45, 7) is 0. The maximum Gasteiger partial charge on any atom is 0.0396 e. The van der Waals surface area contributed by atoms with E-state index in [2.05, 4.69) is 80.4 Å². The molecule has 0 aliphatic rings. The maximum atomic E-state index is 3.62. The van der Waals surface area contributed by atoms with E-state index in [1.54, 1.807) is 0 Å². The molecule has 3 aromatic rings. The molecule has 0 atom stereocenters. The highest BCUT2D eigenvalue weighted by Gasteiger charge is 2.04. The van der Waals surface area contributed by atoms with Gasteiger partial charge in [0.25, 0.3) is 0 Å². The van der Waals surface area contributed by atoms with Crippen molar-refractivity contribution < 1.29 is 0 Å². The summed E-state index contributed by atoms with van der Waals surface area (Å²) in [5, 5.41) is 5.06. The van der Waals surface area contributed by atoms with Crippen LogP contribution in [0.25, 0.3) is 21.5 Å². The van der Waals surface area contributed by atoms with Crippen molar-refractivity contribution in [3.8, 4) is 0 Å². The van der Waals surface area contributed by atoms with Crippen molar-refractivity contribution in [3.63, 3.8) is 0 Å². The zero-order valence-electron chi connectivity index (χ0n) is 8.37. The van der Waals surface area contributed by atoms with Crippen LogP contribution in [0.5, 0.6) is 0 Å². The number of fused-ring (bicyclic) bond motifs is 2. The second kappa shape index (κ2) is 3.86. The third-order valence-corrected chi connectivity index (χ3v) is 4.82. The van der Waals surface area contributed by atoms with E-state index in [4.69, 9.17) is 0 Å². The van der Waals surface area contributed by atoms with Gasteiger partial charge >= 0.3 is 0 Å². The van der Waals surface area contributed by atoms with Crippen molar-refractivity contribution in [2.75, 3.05) is 0 Å². The molecule has 0 aromatic heterocycles.